The van der Waals surface area contributed by atoms with Gasteiger partial charge in [-0.25, -0.2) is 4.98 Å². The van der Waals surface area contributed by atoms with Gasteiger partial charge in [-0.15, -0.1) is 11.3 Å². The molecule has 5 aromatic rings. The summed E-state index contributed by atoms with van der Waals surface area (Å²) in [5.74, 6) is 2.35. The number of carbonyl (C=O) groups excluding carboxylic acids is 1. The van der Waals surface area contributed by atoms with Crippen LogP contribution in [0, 0.1) is 6.92 Å². The zero-order chi connectivity index (χ0) is 22.9. The lowest BCUT2D eigenvalue weighted by Gasteiger charge is -2.12. The van der Waals surface area contributed by atoms with Crippen LogP contribution in [0.4, 0.5) is 5.13 Å². The molecule has 0 saturated carbocycles. The van der Waals surface area contributed by atoms with Gasteiger partial charge >= 0.3 is 0 Å². The van der Waals surface area contributed by atoms with Crippen molar-refractivity contribution in [2.45, 2.75) is 6.92 Å². The average Bonchev–Trinajstić information content (AvgIpc) is 3.43. The highest BCUT2D eigenvalue weighted by Gasteiger charge is 2.15. The fraction of sp³-hybridized carbons (Fsp3) is 0.125. The van der Waals surface area contributed by atoms with Crippen molar-refractivity contribution in [3.63, 3.8) is 0 Å². The normalized spacial score (nSPS) is 11.0. The molecule has 0 spiro atoms. The minimum atomic E-state index is -0.148. The molecule has 5 rings (SSSR count). The highest BCUT2D eigenvalue weighted by atomic mass is 32.1. The Morgan fingerprint density at radius 1 is 0.970 bits per heavy atom. The number of nitrogens with zero attached hydrogens (tertiary/aromatic N) is 2. The van der Waals surface area contributed by atoms with Gasteiger partial charge < -0.3 is 14.2 Å². The molecule has 2 aromatic carbocycles. The Labute approximate surface area is 197 Å². The van der Waals surface area contributed by atoms with Crippen molar-refractivity contribution in [2.24, 2.45) is 0 Å². The Hall–Kier alpha value is -3.69. The van der Waals surface area contributed by atoms with Crippen LogP contribution in [-0.2, 0) is 0 Å². The number of carbonyl (C=O) groups is 1. The third-order valence-corrected chi connectivity index (χ3v) is 7.03. The van der Waals surface area contributed by atoms with E-state index in [0.717, 1.165) is 26.7 Å². The van der Waals surface area contributed by atoms with Crippen LogP contribution in [-0.4, -0.2) is 30.1 Å². The average molecular weight is 478 g/mol. The molecule has 7 nitrogen and oxygen atoms in total. The quantitative estimate of drug-likeness (QED) is 0.310. The molecule has 0 aliphatic carbocycles. The highest BCUT2D eigenvalue weighted by Crippen LogP contribution is 2.38. The summed E-state index contributed by atoms with van der Waals surface area (Å²) in [6.45, 7) is 1.92. The van der Waals surface area contributed by atoms with Crippen molar-refractivity contribution in [1.29, 1.82) is 0 Å². The second-order valence-corrected chi connectivity index (χ2v) is 9.12. The van der Waals surface area contributed by atoms with Crippen molar-refractivity contribution in [2.75, 3.05) is 19.5 Å². The molecule has 166 valence electrons. The molecule has 3 heterocycles. The molecule has 0 bridgehead atoms. The molecular weight excluding hydrogens is 458 g/mol. The van der Waals surface area contributed by atoms with Crippen LogP contribution in [0.1, 0.15) is 15.2 Å². The molecule has 1 amide bonds. The van der Waals surface area contributed by atoms with Crippen LogP contribution in [0.2, 0.25) is 0 Å². The number of thiophene rings is 1. The molecule has 0 aliphatic heterocycles. The maximum absolute atomic E-state index is 12.5. The molecule has 1 N–H and O–H groups in total. The molecule has 0 atom stereocenters. The number of fused-ring (bicyclic) bond motifs is 2. The van der Waals surface area contributed by atoms with E-state index in [4.69, 9.17) is 14.2 Å². The number of pyridine rings is 1. The van der Waals surface area contributed by atoms with Crippen molar-refractivity contribution in [3.05, 3.63) is 64.5 Å². The first kappa shape index (κ1) is 21.2. The van der Waals surface area contributed by atoms with Gasteiger partial charge in [0.15, 0.2) is 16.6 Å². The van der Waals surface area contributed by atoms with Crippen molar-refractivity contribution in [1.82, 2.24) is 9.97 Å². The predicted octanol–water partition coefficient (Wildman–Crippen LogP) is 6.28. The maximum Gasteiger partial charge on any atom is 0.267 e. The van der Waals surface area contributed by atoms with E-state index >= 15 is 0 Å². The first-order valence-corrected chi connectivity index (χ1v) is 11.7. The number of amides is 1. The molecule has 3 aromatic heterocycles. The largest absolute Gasteiger partial charge is 0.493 e. The minimum absolute atomic E-state index is 0.148. The Kier molecular flexibility index (Phi) is 5.57. The lowest BCUT2D eigenvalue weighted by molar-refractivity contribution is 0.103. The Morgan fingerprint density at radius 3 is 2.55 bits per heavy atom. The SMILES string of the molecule is COc1cc2nccc(Oc3ccc4nc(NC(=O)c5sccc5C)sc4c3)c2cc1OC. The number of hydrogen-bond acceptors (Lipinski definition) is 8. The molecule has 0 radical (unpaired) electrons. The molecule has 0 saturated heterocycles. The monoisotopic (exact) mass is 477 g/mol. The summed E-state index contributed by atoms with van der Waals surface area (Å²) >= 11 is 2.82. The van der Waals surface area contributed by atoms with E-state index < -0.39 is 0 Å². The number of rotatable bonds is 6. The van der Waals surface area contributed by atoms with Gasteiger partial charge in [0.2, 0.25) is 0 Å². The Morgan fingerprint density at radius 2 is 1.79 bits per heavy atom. The van der Waals surface area contributed by atoms with Gasteiger partial charge in [0.05, 0.1) is 34.8 Å². The van der Waals surface area contributed by atoms with Crippen molar-refractivity contribution in [3.8, 4) is 23.0 Å². The molecule has 0 aliphatic rings. The summed E-state index contributed by atoms with van der Waals surface area (Å²) in [5.41, 5.74) is 2.47. The summed E-state index contributed by atoms with van der Waals surface area (Å²) in [4.78, 5) is 22.1. The number of benzene rings is 2. The van der Waals surface area contributed by atoms with E-state index in [-0.39, 0.29) is 5.91 Å². The van der Waals surface area contributed by atoms with Gasteiger partial charge in [0, 0.05) is 23.7 Å². The number of hydrogen-bond donors (Lipinski definition) is 1. The predicted molar refractivity (Wildman–Crippen MR) is 132 cm³/mol. The topological polar surface area (TPSA) is 82.6 Å². The number of anilines is 1. The van der Waals surface area contributed by atoms with Gasteiger partial charge in [-0.05, 0) is 48.2 Å². The van der Waals surface area contributed by atoms with E-state index in [1.165, 1.54) is 22.7 Å². The number of methoxy groups -OCH3 is 2. The van der Waals surface area contributed by atoms with Gasteiger partial charge in [0.1, 0.15) is 11.5 Å². The Bertz CT molecular complexity index is 1490. The first-order valence-electron chi connectivity index (χ1n) is 10.0. The highest BCUT2D eigenvalue weighted by molar-refractivity contribution is 7.22. The van der Waals surface area contributed by atoms with E-state index in [2.05, 4.69) is 15.3 Å². The van der Waals surface area contributed by atoms with Crippen molar-refractivity contribution < 1.29 is 19.0 Å². The third kappa shape index (κ3) is 4.08. The van der Waals surface area contributed by atoms with Crippen LogP contribution in [0.15, 0.2) is 54.0 Å². The number of aromatic nitrogens is 2. The van der Waals surface area contributed by atoms with Gasteiger partial charge in [-0.2, -0.15) is 0 Å². The van der Waals surface area contributed by atoms with Crippen LogP contribution < -0.4 is 19.5 Å². The molecule has 9 heteroatoms. The molecular formula is C24H19N3O4S2. The lowest BCUT2D eigenvalue weighted by atomic mass is 10.2. The summed E-state index contributed by atoms with van der Waals surface area (Å²) in [6.07, 6.45) is 1.69. The second-order valence-electron chi connectivity index (χ2n) is 7.17. The van der Waals surface area contributed by atoms with Crippen LogP contribution in [0.25, 0.3) is 21.1 Å². The number of aryl methyl sites for hydroxylation is 1. The molecule has 33 heavy (non-hydrogen) atoms. The van der Waals surface area contributed by atoms with Gasteiger partial charge in [-0.3, -0.25) is 15.1 Å². The van der Waals surface area contributed by atoms with Crippen molar-refractivity contribution >= 4 is 54.8 Å². The number of thiazole rings is 1. The molecule has 0 fully saturated rings. The van der Waals surface area contributed by atoms with Crippen LogP contribution >= 0.6 is 22.7 Å². The van der Waals surface area contributed by atoms with Gasteiger partial charge in [-0.1, -0.05) is 11.3 Å². The summed E-state index contributed by atoms with van der Waals surface area (Å²) in [5, 5.41) is 6.15. The zero-order valence-corrected chi connectivity index (χ0v) is 19.7. The molecule has 0 unspecified atom stereocenters. The van der Waals surface area contributed by atoms with E-state index in [1.807, 2.05) is 48.7 Å². The smallest absolute Gasteiger partial charge is 0.267 e. The van der Waals surface area contributed by atoms with E-state index in [1.54, 1.807) is 26.5 Å². The zero-order valence-electron chi connectivity index (χ0n) is 18.0. The van der Waals surface area contributed by atoms with Crippen LogP contribution in [0.5, 0.6) is 23.0 Å². The fourth-order valence-electron chi connectivity index (χ4n) is 3.44. The first-order chi connectivity index (χ1) is 16.1. The lowest BCUT2D eigenvalue weighted by Crippen LogP contribution is -2.10. The van der Waals surface area contributed by atoms with Crippen LogP contribution in [0.3, 0.4) is 0 Å². The van der Waals surface area contributed by atoms with E-state index in [9.17, 15) is 4.79 Å². The van der Waals surface area contributed by atoms with Gasteiger partial charge in [0.25, 0.3) is 5.91 Å². The number of nitrogens with one attached hydrogen (secondary N) is 1. The second kappa shape index (κ2) is 8.68. The summed E-state index contributed by atoms with van der Waals surface area (Å²) < 4.78 is 17.9. The number of ether oxygens (including phenoxy) is 3. The summed E-state index contributed by atoms with van der Waals surface area (Å²) in [6, 6.07) is 13.0. The third-order valence-electron chi connectivity index (χ3n) is 5.08. The maximum atomic E-state index is 12.5. The van der Waals surface area contributed by atoms with E-state index in [0.29, 0.717) is 33.0 Å². The Balaban J connectivity index is 1.43. The summed E-state index contributed by atoms with van der Waals surface area (Å²) in [7, 11) is 3.18. The minimum Gasteiger partial charge on any atom is -0.493 e. The fourth-order valence-corrected chi connectivity index (χ4v) is 5.15. The standard InChI is InChI=1S/C24H19N3O4S2/c1-13-7-9-32-22(13)23(28)27-24-26-16-5-4-14(10-21(16)33-24)31-18-6-8-25-17-12-20(30-3)19(29-2)11-15(17)18/h4-12H,1-3H3,(H,26,27,28).